The molecule has 0 fully saturated rings. The lowest BCUT2D eigenvalue weighted by molar-refractivity contribution is -0.110. The Hall–Kier alpha value is -3.04. The van der Waals surface area contributed by atoms with Crippen LogP contribution in [-0.4, -0.2) is 5.91 Å². The van der Waals surface area contributed by atoms with Crippen molar-refractivity contribution in [2.24, 2.45) is 0 Å². The second-order valence-corrected chi connectivity index (χ2v) is 6.48. The highest BCUT2D eigenvalue weighted by Crippen LogP contribution is 2.32. The molecule has 1 heterocycles. The van der Waals surface area contributed by atoms with Crippen LogP contribution in [0.4, 0.5) is 5.69 Å². The predicted molar refractivity (Wildman–Crippen MR) is 105 cm³/mol. The average Bonchev–Trinajstić information content (AvgIpc) is 2.98. The molecule has 0 aromatic heterocycles. The van der Waals surface area contributed by atoms with Crippen molar-refractivity contribution in [3.05, 3.63) is 94.5 Å². The van der Waals surface area contributed by atoms with Gasteiger partial charge in [-0.15, -0.1) is 0 Å². The van der Waals surface area contributed by atoms with E-state index in [1.165, 1.54) is 0 Å². The molecule has 4 heteroatoms. The van der Waals surface area contributed by atoms with Gasteiger partial charge in [-0.3, -0.25) is 4.79 Å². The molecule has 3 aromatic rings. The van der Waals surface area contributed by atoms with Crippen molar-refractivity contribution in [2.45, 2.75) is 6.61 Å². The minimum absolute atomic E-state index is 0.0748. The molecule has 0 saturated carbocycles. The Balaban J connectivity index is 1.48. The number of amides is 1. The van der Waals surface area contributed by atoms with Gasteiger partial charge >= 0.3 is 0 Å². The maximum Gasteiger partial charge on any atom is 0.256 e. The number of carbonyl (C=O) groups excluding carboxylic acids is 1. The summed E-state index contributed by atoms with van der Waals surface area (Å²) in [5.41, 5.74) is 4.47. The quantitative estimate of drug-likeness (QED) is 0.631. The molecule has 4 rings (SSSR count). The van der Waals surface area contributed by atoms with E-state index >= 15 is 0 Å². The largest absolute Gasteiger partial charge is 0.489 e. The standard InChI is InChI=1S/C22H16ClNO2/c23-17-9-5-16(6-10-17)14-26-18-11-7-15(8-12-18)13-20-19-3-1-2-4-21(19)24-22(20)25/h1-13H,14H2,(H,24,25)/b20-13-. The fourth-order valence-corrected chi connectivity index (χ4v) is 2.98. The van der Waals surface area contributed by atoms with Gasteiger partial charge in [0.25, 0.3) is 5.91 Å². The van der Waals surface area contributed by atoms with E-state index in [0.717, 1.165) is 28.1 Å². The van der Waals surface area contributed by atoms with Crippen LogP contribution in [0.15, 0.2) is 72.8 Å². The number of halogens is 1. The zero-order valence-electron chi connectivity index (χ0n) is 13.9. The smallest absolute Gasteiger partial charge is 0.256 e. The summed E-state index contributed by atoms with van der Waals surface area (Å²) in [7, 11) is 0. The molecule has 0 radical (unpaired) electrons. The van der Waals surface area contributed by atoms with Crippen molar-refractivity contribution >= 4 is 34.8 Å². The summed E-state index contributed by atoms with van der Waals surface area (Å²) in [5, 5.41) is 3.59. The zero-order chi connectivity index (χ0) is 17.9. The Labute approximate surface area is 156 Å². The normalized spacial score (nSPS) is 14.2. The van der Waals surface area contributed by atoms with Crippen molar-refractivity contribution in [1.29, 1.82) is 0 Å². The molecular weight excluding hydrogens is 346 g/mol. The van der Waals surface area contributed by atoms with Crippen LogP contribution in [0, 0.1) is 0 Å². The summed E-state index contributed by atoms with van der Waals surface area (Å²) in [6.07, 6.45) is 1.89. The van der Waals surface area contributed by atoms with Gasteiger partial charge in [-0.1, -0.05) is 54.1 Å². The first-order valence-electron chi connectivity index (χ1n) is 8.29. The highest BCUT2D eigenvalue weighted by molar-refractivity contribution is 6.34. The lowest BCUT2D eigenvalue weighted by Gasteiger charge is -2.07. The first-order valence-corrected chi connectivity index (χ1v) is 8.66. The second-order valence-electron chi connectivity index (χ2n) is 6.04. The van der Waals surface area contributed by atoms with Crippen LogP contribution in [0.1, 0.15) is 16.7 Å². The van der Waals surface area contributed by atoms with E-state index in [1.807, 2.05) is 78.9 Å². The molecule has 0 unspecified atom stereocenters. The van der Waals surface area contributed by atoms with E-state index in [4.69, 9.17) is 16.3 Å². The fraction of sp³-hybridized carbons (Fsp3) is 0.0455. The Morgan fingerprint density at radius 3 is 2.42 bits per heavy atom. The number of para-hydroxylation sites is 1. The maximum absolute atomic E-state index is 12.2. The number of fused-ring (bicyclic) bond motifs is 1. The number of hydrogen-bond donors (Lipinski definition) is 1. The average molecular weight is 362 g/mol. The lowest BCUT2D eigenvalue weighted by atomic mass is 10.0. The minimum Gasteiger partial charge on any atom is -0.489 e. The van der Waals surface area contributed by atoms with Gasteiger partial charge in [0, 0.05) is 21.8 Å². The molecule has 1 aliphatic rings. The molecule has 1 aliphatic heterocycles. The summed E-state index contributed by atoms with van der Waals surface area (Å²) in [5.74, 6) is 0.702. The summed E-state index contributed by atoms with van der Waals surface area (Å²) < 4.78 is 5.79. The van der Waals surface area contributed by atoms with Gasteiger partial charge in [0.05, 0.1) is 0 Å². The molecule has 128 valence electrons. The van der Waals surface area contributed by atoms with E-state index < -0.39 is 0 Å². The van der Waals surface area contributed by atoms with Crippen LogP contribution in [0.5, 0.6) is 5.75 Å². The van der Waals surface area contributed by atoms with E-state index in [-0.39, 0.29) is 5.91 Å². The Morgan fingerprint density at radius 1 is 0.923 bits per heavy atom. The first-order chi connectivity index (χ1) is 12.7. The summed E-state index contributed by atoms with van der Waals surface area (Å²) in [6, 6.07) is 23.0. The van der Waals surface area contributed by atoms with Gasteiger partial charge in [0.2, 0.25) is 0 Å². The van der Waals surface area contributed by atoms with Gasteiger partial charge in [-0.05, 0) is 47.5 Å². The number of anilines is 1. The van der Waals surface area contributed by atoms with E-state index in [1.54, 1.807) is 0 Å². The third kappa shape index (κ3) is 3.48. The van der Waals surface area contributed by atoms with Crippen molar-refractivity contribution in [2.75, 3.05) is 5.32 Å². The highest BCUT2D eigenvalue weighted by atomic mass is 35.5. The molecule has 0 atom stereocenters. The third-order valence-corrected chi connectivity index (χ3v) is 4.47. The van der Waals surface area contributed by atoms with Crippen molar-refractivity contribution in [3.8, 4) is 5.75 Å². The molecule has 0 saturated heterocycles. The molecular formula is C22H16ClNO2. The fourth-order valence-electron chi connectivity index (χ4n) is 2.86. The van der Waals surface area contributed by atoms with Crippen LogP contribution in [-0.2, 0) is 11.4 Å². The number of nitrogens with one attached hydrogen (secondary N) is 1. The van der Waals surface area contributed by atoms with Crippen LogP contribution >= 0.6 is 11.6 Å². The molecule has 0 bridgehead atoms. The van der Waals surface area contributed by atoms with E-state index in [9.17, 15) is 4.79 Å². The molecule has 0 aliphatic carbocycles. The van der Waals surface area contributed by atoms with Gasteiger partial charge < -0.3 is 10.1 Å². The Kier molecular flexibility index (Phi) is 4.46. The number of ether oxygens (including phenoxy) is 1. The highest BCUT2D eigenvalue weighted by Gasteiger charge is 2.23. The molecule has 1 amide bonds. The summed E-state index contributed by atoms with van der Waals surface area (Å²) in [4.78, 5) is 12.2. The van der Waals surface area contributed by atoms with Crippen LogP contribution in [0.2, 0.25) is 5.02 Å². The van der Waals surface area contributed by atoms with Crippen LogP contribution in [0.3, 0.4) is 0 Å². The number of hydrogen-bond acceptors (Lipinski definition) is 2. The maximum atomic E-state index is 12.2. The van der Waals surface area contributed by atoms with E-state index in [0.29, 0.717) is 17.2 Å². The number of benzene rings is 3. The molecule has 3 aromatic carbocycles. The predicted octanol–water partition coefficient (Wildman–Crippen LogP) is 5.41. The van der Waals surface area contributed by atoms with Crippen molar-refractivity contribution < 1.29 is 9.53 Å². The Bertz CT molecular complexity index is 976. The second kappa shape index (κ2) is 7.06. The van der Waals surface area contributed by atoms with Crippen molar-refractivity contribution in [1.82, 2.24) is 0 Å². The van der Waals surface area contributed by atoms with Crippen LogP contribution < -0.4 is 10.1 Å². The zero-order valence-corrected chi connectivity index (χ0v) is 14.7. The summed E-state index contributed by atoms with van der Waals surface area (Å²) >= 11 is 5.88. The topological polar surface area (TPSA) is 38.3 Å². The van der Waals surface area contributed by atoms with Gasteiger partial charge in [0.15, 0.2) is 0 Å². The van der Waals surface area contributed by atoms with Gasteiger partial charge in [0.1, 0.15) is 12.4 Å². The summed E-state index contributed by atoms with van der Waals surface area (Å²) in [6.45, 7) is 0.480. The third-order valence-electron chi connectivity index (χ3n) is 4.22. The van der Waals surface area contributed by atoms with Gasteiger partial charge in [-0.25, -0.2) is 0 Å². The SMILES string of the molecule is O=C1Nc2ccccc2/C1=C/c1ccc(OCc2ccc(Cl)cc2)cc1. The minimum atomic E-state index is -0.0748. The van der Waals surface area contributed by atoms with Crippen molar-refractivity contribution in [3.63, 3.8) is 0 Å². The number of rotatable bonds is 4. The Morgan fingerprint density at radius 2 is 1.65 bits per heavy atom. The molecule has 26 heavy (non-hydrogen) atoms. The molecule has 3 nitrogen and oxygen atoms in total. The molecule has 0 spiro atoms. The lowest BCUT2D eigenvalue weighted by Crippen LogP contribution is -2.03. The van der Waals surface area contributed by atoms with Gasteiger partial charge in [-0.2, -0.15) is 0 Å². The number of carbonyl (C=O) groups is 1. The monoisotopic (exact) mass is 361 g/mol. The first kappa shape index (κ1) is 16.4. The van der Waals surface area contributed by atoms with Crippen LogP contribution in [0.25, 0.3) is 11.6 Å². The molecule has 1 N–H and O–H groups in total. The van der Waals surface area contributed by atoms with E-state index in [2.05, 4.69) is 5.32 Å².